The lowest BCUT2D eigenvalue weighted by Gasteiger charge is -2.44. The molecule has 0 radical (unpaired) electrons. The molecular weight excluding hydrogens is 210 g/mol. The fraction of sp³-hybridized carbons (Fsp3) is 1.00. The first-order valence-corrected chi connectivity index (χ1v) is 6.99. The second-order valence-corrected chi connectivity index (χ2v) is 6.54. The van der Waals surface area contributed by atoms with E-state index >= 15 is 0 Å². The van der Waals surface area contributed by atoms with Crippen LogP contribution in [-0.2, 0) is 0 Å². The molecule has 0 aromatic carbocycles. The maximum absolute atomic E-state index is 6.14. The number of nitrogens with two attached hydrogens (primary N) is 1. The molecule has 0 aliphatic carbocycles. The molecule has 1 rings (SSSR count). The summed E-state index contributed by atoms with van der Waals surface area (Å²) in [6.45, 7) is 14.5. The summed E-state index contributed by atoms with van der Waals surface area (Å²) in [5.74, 6) is 0.696. The number of hydrogen-bond donors (Lipinski definition) is 1. The molecule has 2 N–H and O–H groups in total. The second kappa shape index (κ2) is 5.68. The van der Waals surface area contributed by atoms with Crippen LogP contribution in [-0.4, -0.2) is 54.1 Å². The third-order valence-corrected chi connectivity index (χ3v) is 4.15. The van der Waals surface area contributed by atoms with Crippen molar-refractivity contribution in [1.82, 2.24) is 9.80 Å². The van der Waals surface area contributed by atoms with Gasteiger partial charge < -0.3 is 10.6 Å². The Bertz CT molecular complexity index is 228. The zero-order valence-electron chi connectivity index (χ0n) is 12.5. The van der Waals surface area contributed by atoms with Crippen molar-refractivity contribution in [2.45, 2.75) is 58.7 Å². The van der Waals surface area contributed by atoms with Crippen molar-refractivity contribution in [2.75, 3.05) is 26.7 Å². The summed E-state index contributed by atoms with van der Waals surface area (Å²) < 4.78 is 0. The summed E-state index contributed by atoms with van der Waals surface area (Å²) in [6, 6.07) is 1.21. The highest BCUT2D eigenvalue weighted by atomic mass is 15.3. The van der Waals surface area contributed by atoms with Crippen molar-refractivity contribution < 1.29 is 0 Å². The van der Waals surface area contributed by atoms with Gasteiger partial charge in [0, 0.05) is 37.3 Å². The maximum atomic E-state index is 6.14. The van der Waals surface area contributed by atoms with E-state index in [9.17, 15) is 0 Å². The molecule has 1 aliphatic rings. The molecule has 2 atom stereocenters. The zero-order valence-corrected chi connectivity index (χ0v) is 12.5. The van der Waals surface area contributed by atoms with Crippen molar-refractivity contribution in [3.05, 3.63) is 0 Å². The van der Waals surface area contributed by atoms with E-state index < -0.39 is 0 Å². The van der Waals surface area contributed by atoms with Crippen molar-refractivity contribution in [2.24, 2.45) is 11.7 Å². The number of rotatable bonds is 5. The Morgan fingerprint density at radius 3 is 2.24 bits per heavy atom. The highest BCUT2D eigenvalue weighted by Gasteiger charge is 2.44. The predicted octanol–water partition coefficient (Wildman–Crippen LogP) is 1.77. The van der Waals surface area contributed by atoms with Crippen molar-refractivity contribution in [3.63, 3.8) is 0 Å². The van der Waals surface area contributed by atoms with Crippen LogP contribution in [0.2, 0.25) is 0 Å². The van der Waals surface area contributed by atoms with E-state index in [-0.39, 0.29) is 5.54 Å². The summed E-state index contributed by atoms with van der Waals surface area (Å²) in [5, 5.41) is 0. The molecule has 17 heavy (non-hydrogen) atoms. The van der Waals surface area contributed by atoms with Crippen LogP contribution < -0.4 is 5.73 Å². The number of nitrogens with zero attached hydrogens (tertiary/aromatic N) is 2. The molecule has 0 aromatic rings. The van der Waals surface area contributed by atoms with E-state index in [0.717, 1.165) is 19.6 Å². The van der Waals surface area contributed by atoms with E-state index in [1.54, 1.807) is 0 Å². The normalized spacial score (nSPS) is 31.1. The minimum Gasteiger partial charge on any atom is -0.329 e. The zero-order chi connectivity index (χ0) is 13.2. The number of hydrogen-bond acceptors (Lipinski definition) is 3. The number of likely N-dealkylation sites (N-methyl/N-ethyl adjacent to an activating group) is 1. The van der Waals surface area contributed by atoms with Crippen LogP contribution in [0.15, 0.2) is 0 Å². The summed E-state index contributed by atoms with van der Waals surface area (Å²) in [7, 11) is 2.22. The lowest BCUT2D eigenvalue weighted by Crippen LogP contribution is -2.59. The molecule has 3 nitrogen and oxygen atoms in total. The minimum absolute atomic E-state index is 0.187. The fourth-order valence-corrected chi connectivity index (χ4v) is 3.21. The molecule has 1 heterocycles. The van der Waals surface area contributed by atoms with Gasteiger partial charge in [0.25, 0.3) is 0 Å². The molecule has 1 saturated heterocycles. The van der Waals surface area contributed by atoms with Gasteiger partial charge in [0.2, 0.25) is 0 Å². The quantitative estimate of drug-likeness (QED) is 0.796. The van der Waals surface area contributed by atoms with Gasteiger partial charge in [0.1, 0.15) is 0 Å². The van der Waals surface area contributed by atoms with Gasteiger partial charge in [-0.15, -0.1) is 0 Å². The third kappa shape index (κ3) is 3.21. The Labute approximate surface area is 107 Å². The minimum atomic E-state index is 0.187. The van der Waals surface area contributed by atoms with E-state index in [0.29, 0.717) is 18.0 Å². The smallest absolute Gasteiger partial charge is 0.0475 e. The molecule has 0 spiro atoms. The summed E-state index contributed by atoms with van der Waals surface area (Å²) in [6.07, 6.45) is 1.20. The lowest BCUT2D eigenvalue weighted by atomic mass is 9.91. The Balaban J connectivity index is 2.89. The third-order valence-electron chi connectivity index (χ3n) is 4.15. The van der Waals surface area contributed by atoms with Crippen LogP contribution in [0.5, 0.6) is 0 Å². The molecule has 3 heteroatoms. The molecule has 1 aliphatic heterocycles. The molecule has 0 aromatic heterocycles. The standard InChI is InChI=1S/C14H31N3/c1-11(2)8-17(12(3)4)14(9-15)7-13(5)16(6)10-14/h11-13H,7-10,15H2,1-6H3. The summed E-state index contributed by atoms with van der Waals surface area (Å²) in [4.78, 5) is 5.08. The van der Waals surface area contributed by atoms with Crippen molar-refractivity contribution in [3.8, 4) is 0 Å². The van der Waals surface area contributed by atoms with Crippen molar-refractivity contribution >= 4 is 0 Å². The maximum Gasteiger partial charge on any atom is 0.0475 e. The topological polar surface area (TPSA) is 32.5 Å². The average molecular weight is 241 g/mol. The SMILES string of the molecule is CC(C)CN(C(C)C)C1(CN)CC(C)N(C)C1. The Kier molecular flexibility index (Phi) is 4.99. The monoisotopic (exact) mass is 241 g/mol. The van der Waals surface area contributed by atoms with Gasteiger partial charge in [0.05, 0.1) is 0 Å². The largest absolute Gasteiger partial charge is 0.329 e. The van der Waals surface area contributed by atoms with Gasteiger partial charge in [-0.05, 0) is 40.2 Å². The Hall–Kier alpha value is -0.120. The second-order valence-electron chi connectivity index (χ2n) is 6.54. The first kappa shape index (κ1) is 14.9. The van der Waals surface area contributed by atoms with E-state index in [1.807, 2.05) is 0 Å². The first-order chi connectivity index (χ1) is 7.82. The van der Waals surface area contributed by atoms with Gasteiger partial charge in [0.15, 0.2) is 0 Å². The molecule has 0 bridgehead atoms. The number of likely N-dealkylation sites (tertiary alicyclic amines) is 1. The van der Waals surface area contributed by atoms with Crippen LogP contribution in [0.4, 0.5) is 0 Å². The fourth-order valence-electron chi connectivity index (χ4n) is 3.21. The van der Waals surface area contributed by atoms with E-state index in [1.165, 1.54) is 6.42 Å². The van der Waals surface area contributed by atoms with Gasteiger partial charge in [-0.2, -0.15) is 0 Å². The van der Waals surface area contributed by atoms with Crippen LogP contribution in [0.25, 0.3) is 0 Å². The van der Waals surface area contributed by atoms with Crippen LogP contribution in [0, 0.1) is 5.92 Å². The molecule has 1 fully saturated rings. The molecule has 0 amide bonds. The van der Waals surface area contributed by atoms with E-state index in [4.69, 9.17) is 5.73 Å². The van der Waals surface area contributed by atoms with Gasteiger partial charge >= 0.3 is 0 Å². The van der Waals surface area contributed by atoms with Crippen LogP contribution in [0.1, 0.15) is 41.0 Å². The first-order valence-electron chi connectivity index (χ1n) is 6.99. The highest BCUT2D eigenvalue weighted by molar-refractivity contribution is 5.03. The lowest BCUT2D eigenvalue weighted by molar-refractivity contribution is 0.0565. The van der Waals surface area contributed by atoms with Crippen LogP contribution in [0.3, 0.4) is 0 Å². The average Bonchev–Trinajstić information content (AvgIpc) is 2.52. The Morgan fingerprint density at radius 2 is 1.94 bits per heavy atom. The van der Waals surface area contributed by atoms with Crippen molar-refractivity contribution in [1.29, 1.82) is 0 Å². The molecule has 102 valence electrons. The predicted molar refractivity (Wildman–Crippen MR) is 75.2 cm³/mol. The highest BCUT2D eigenvalue weighted by Crippen LogP contribution is 2.32. The van der Waals surface area contributed by atoms with Gasteiger partial charge in [-0.3, -0.25) is 4.90 Å². The van der Waals surface area contributed by atoms with Gasteiger partial charge in [-0.1, -0.05) is 13.8 Å². The van der Waals surface area contributed by atoms with Gasteiger partial charge in [-0.25, -0.2) is 0 Å². The molecular formula is C14H31N3. The van der Waals surface area contributed by atoms with E-state index in [2.05, 4.69) is 51.5 Å². The summed E-state index contributed by atoms with van der Waals surface area (Å²) >= 11 is 0. The Morgan fingerprint density at radius 1 is 1.35 bits per heavy atom. The molecule has 2 unspecified atom stereocenters. The van der Waals surface area contributed by atoms with Crippen LogP contribution >= 0.6 is 0 Å². The molecule has 0 saturated carbocycles. The summed E-state index contributed by atoms with van der Waals surface area (Å²) in [5.41, 5.74) is 6.33.